The Morgan fingerprint density at radius 3 is 2.43 bits per heavy atom. The Labute approximate surface area is 209 Å². The van der Waals surface area contributed by atoms with Gasteiger partial charge in [0.1, 0.15) is 5.82 Å². The number of methoxy groups -OCH3 is 1. The molecule has 0 saturated carbocycles. The number of ether oxygens (including phenoxy) is 2. The Kier molecular flexibility index (Phi) is 8.67. The summed E-state index contributed by atoms with van der Waals surface area (Å²) in [6.07, 6.45) is 2.79. The summed E-state index contributed by atoms with van der Waals surface area (Å²) in [5.41, 5.74) is 0.467. The summed E-state index contributed by atoms with van der Waals surface area (Å²) in [6, 6.07) is 10.1. The van der Waals surface area contributed by atoms with Crippen molar-refractivity contribution in [1.82, 2.24) is 9.71 Å². The third-order valence-electron chi connectivity index (χ3n) is 4.26. The van der Waals surface area contributed by atoms with Gasteiger partial charge in [-0.3, -0.25) is 14.9 Å². The van der Waals surface area contributed by atoms with Crippen molar-refractivity contribution in [1.29, 1.82) is 0 Å². The second-order valence-corrected chi connectivity index (χ2v) is 10.8. The van der Waals surface area contributed by atoms with Gasteiger partial charge < -0.3 is 14.8 Å². The zero-order valence-electron chi connectivity index (χ0n) is 18.7. The number of benzene rings is 2. The van der Waals surface area contributed by atoms with Crippen LogP contribution in [0.5, 0.6) is 17.2 Å². The minimum absolute atomic E-state index is 0.0382. The molecule has 0 atom stereocenters. The number of thiazole rings is 1. The zero-order valence-corrected chi connectivity index (χ0v) is 21.2. The molecule has 0 unspecified atom stereocenters. The van der Waals surface area contributed by atoms with Crippen LogP contribution in [0.25, 0.3) is 0 Å². The fourth-order valence-corrected chi connectivity index (χ4v) is 4.73. The third kappa shape index (κ3) is 7.39. The molecule has 0 aliphatic rings. The van der Waals surface area contributed by atoms with Gasteiger partial charge in [-0.2, -0.15) is 0 Å². The fraction of sp³-hybridized carbons (Fsp3) is 0.190. The van der Waals surface area contributed by atoms with Gasteiger partial charge in [0.15, 0.2) is 22.4 Å². The number of anilines is 2. The summed E-state index contributed by atoms with van der Waals surface area (Å²) in [6.45, 7) is -0.0627. The number of hydrogen-bond acceptors (Lipinski definition) is 9. The van der Waals surface area contributed by atoms with E-state index in [-0.39, 0.29) is 28.9 Å². The largest absolute Gasteiger partial charge is 0.493 e. The third-order valence-corrected chi connectivity index (χ3v) is 7.09. The fourth-order valence-electron chi connectivity index (χ4n) is 2.70. The zero-order chi connectivity index (χ0) is 25.6. The molecular weight excluding hydrogens is 519 g/mol. The highest BCUT2D eigenvalue weighted by Crippen LogP contribution is 2.35. The molecule has 35 heavy (non-hydrogen) atoms. The average Bonchev–Trinajstić information content (AvgIpc) is 3.21. The second-order valence-electron chi connectivity index (χ2n) is 6.85. The van der Waals surface area contributed by atoms with E-state index in [1.807, 2.05) is 0 Å². The van der Waals surface area contributed by atoms with E-state index in [9.17, 15) is 22.4 Å². The Morgan fingerprint density at radius 2 is 1.77 bits per heavy atom. The van der Waals surface area contributed by atoms with Crippen molar-refractivity contribution in [3.8, 4) is 17.2 Å². The maximum absolute atomic E-state index is 13.9. The molecule has 1 aromatic heterocycles. The van der Waals surface area contributed by atoms with Crippen LogP contribution in [0.2, 0.25) is 0 Å². The van der Waals surface area contributed by atoms with Crippen LogP contribution < -0.4 is 24.8 Å². The van der Waals surface area contributed by atoms with Crippen molar-refractivity contribution in [3.63, 3.8) is 0 Å². The molecule has 186 valence electrons. The van der Waals surface area contributed by atoms with E-state index in [0.717, 1.165) is 29.7 Å². The molecule has 14 heteroatoms. The molecule has 0 fully saturated rings. The molecule has 0 spiro atoms. The van der Waals surface area contributed by atoms with Gasteiger partial charge in [-0.25, -0.2) is 22.5 Å². The SMILES string of the molecule is COc1ccccc1Oc1cc(F)ccc1NC(=O)C(=O)Nc1nc(CNS(C)(=O)=O)c(SC)s1. The van der Waals surface area contributed by atoms with Gasteiger partial charge in [-0.15, -0.1) is 11.8 Å². The standard InChI is InChI=1S/C21H21FN4O6S3/c1-31-15-6-4-5-7-16(15)32-17-10-12(22)8-9-13(17)24-18(27)19(28)26-21-25-14(20(33-2)34-21)11-23-35(3,29)30/h4-10,23H,11H2,1-3H3,(H,24,27)(H,25,26,28). The molecular formula is C21H21FN4O6S3. The lowest BCUT2D eigenvalue weighted by Gasteiger charge is -2.14. The number of thioether (sulfide) groups is 1. The molecule has 2 aromatic carbocycles. The number of carbonyl (C=O) groups excluding carboxylic acids is 2. The topological polar surface area (TPSA) is 136 Å². The highest BCUT2D eigenvalue weighted by atomic mass is 32.2. The predicted molar refractivity (Wildman–Crippen MR) is 132 cm³/mol. The first kappa shape index (κ1) is 26.4. The number of nitrogens with one attached hydrogen (secondary N) is 3. The van der Waals surface area contributed by atoms with Crippen LogP contribution >= 0.6 is 23.1 Å². The van der Waals surface area contributed by atoms with Crippen LogP contribution in [0.3, 0.4) is 0 Å². The first-order valence-electron chi connectivity index (χ1n) is 9.80. The van der Waals surface area contributed by atoms with Gasteiger partial charge >= 0.3 is 11.8 Å². The summed E-state index contributed by atoms with van der Waals surface area (Å²) >= 11 is 2.41. The van der Waals surface area contributed by atoms with Crippen LogP contribution in [0.1, 0.15) is 5.69 Å². The molecule has 3 N–H and O–H groups in total. The normalized spacial score (nSPS) is 11.1. The van der Waals surface area contributed by atoms with Crippen molar-refractivity contribution < 1.29 is 31.9 Å². The summed E-state index contributed by atoms with van der Waals surface area (Å²) in [7, 11) is -1.99. The Hall–Kier alpha value is -3.20. The van der Waals surface area contributed by atoms with Crippen molar-refractivity contribution >= 4 is 55.8 Å². The van der Waals surface area contributed by atoms with E-state index in [2.05, 4.69) is 20.3 Å². The number of aromatic nitrogens is 1. The van der Waals surface area contributed by atoms with E-state index in [0.29, 0.717) is 15.7 Å². The second kappa shape index (κ2) is 11.5. The quantitative estimate of drug-likeness (QED) is 0.278. The van der Waals surface area contributed by atoms with Gasteiger partial charge in [-0.1, -0.05) is 23.5 Å². The molecule has 0 aliphatic carbocycles. The Morgan fingerprint density at radius 1 is 1.09 bits per heavy atom. The van der Waals surface area contributed by atoms with E-state index in [1.165, 1.54) is 24.9 Å². The maximum Gasteiger partial charge on any atom is 0.315 e. The molecule has 0 radical (unpaired) electrons. The molecule has 3 aromatic rings. The lowest BCUT2D eigenvalue weighted by molar-refractivity contribution is -0.133. The smallest absolute Gasteiger partial charge is 0.315 e. The Bertz CT molecular complexity index is 1350. The number of hydrogen-bond donors (Lipinski definition) is 3. The van der Waals surface area contributed by atoms with Gasteiger partial charge in [0.2, 0.25) is 10.0 Å². The highest BCUT2D eigenvalue weighted by Gasteiger charge is 2.20. The molecule has 1 heterocycles. The van der Waals surface area contributed by atoms with E-state index >= 15 is 0 Å². The van der Waals surface area contributed by atoms with Gasteiger partial charge in [0.05, 0.1) is 35.5 Å². The van der Waals surface area contributed by atoms with Crippen LogP contribution in [0.4, 0.5) is 15.2 Å². The van der Waals surface area contributed by atoms with Gasteiger partial charge in [0.25, 0.3) is 0 Å². The first-order valence-corrected chi connectivity index (χ1v) is 13.7. The molecule has 0 saturated heterocycles. The highest BCUT2D eigenvalue weighted by molar-refractivity contribution is 8.00. The first-order chi connectivity index (χ1) is 16.6. The number of para-hydroxylation sites is 2. The van der Waals surface area contributed by atoms with Crippen molar-refractivity contribution in [3.05, 3.63) is 54.0 Å². The lowest BCUT2D eigenvalue weighted by Crippen LogP contribution is -2.29. The minimum atomic E-state index is -3.44. The van der Waals surface area contributed by atoms with Crippen LogP contribution in [-0.2, 0) is 26.2 Å². The van der Waals surface area contributed by atoms with Crippen molar-refractivity contribution in [2.75, 3.05) is 30.3 Å². The van der Waals surface area contributed by atoms with E-state index in [1.54, 1.807) is 30.5 Å². The molecule has 3 rings (SSSR count). The average molecular weight is 541 g/mol. The number of carbonyl (C=O) groups is 2. The van der Waals surface area contributed by atoms with Crippen molar-refractivity contribution in [2.45, 2.75) is 10.8 Å². The van der Waals surface area contributed by atoms with Gasteiger partial charge in [-0.05, 0) is 30.5 Å². The number of halogens is 1. The number of amides is 2. The van der Waals surface area contributed by atoms with Crippen LogP contribution in [0.15, 0.2) is 46.7 Å². The summed E-state index contributed by atoms with van der Waals surface area (Å²) in [5.74, 6) is -2.05. The summed E-state index contributed by atoms with van der Waals surface area (Å²) < 4.78 is 50.5. The maximum atomic E-state index is 13.9. The van der Waals surface area contributed by atoms with E-state index < -0.39 is 27.7 Å². The number of rotatable bonds is 9. The van der Waals surface area contributed by atoms with Crippen molar-refractivity contribution in [2.24, 2.45) is 0 Å². The monoisotopic (exact) mass is 540 g/mol. The number of nitrogens with zero attached hydrogens (tertiary/aromatic N) is 1. The molecule has 0 aliphatic heterocycles. The summed E-state index contributed by atoms with van der Waals surface area (Å²) in [5, 5.41) is 4.89. The van der Waals surface area contributed by atoms with Crippen LogP contribution in [-0.4, -0.2) is 44.8 Å². The van der Waals surface area contributed by atoms with Gasteiger partial charge in [0, 0.05) is 6.07 Å². The molecule has 0 bridgehead atoms. The Balaban J connectivity index is 1.73. The number of sulfonamides is 1. The minimum Gasteiger partial charge on any atom is -0.493 e. The lowest BCUT2D eigenvalue weighted by atomic mass is 10.2. The summed E-state index contributed by atoms with van der Waals surface area (Å²) in [4.78, 5) is 29.2. The predicted octanol–water partition coefficient (Wildman–Crippen LogP) is 3.43. The molecule has 10 nitrogen and oxygen atoms in total. The molecule has 2 amide bonds. The van der Waals surface area contributed by atoms with E-state index in [4.69, 9.17) is 9.47 Å². The van der Waals surface area contributed by atoms with Crippen LogP contribution in [0, 0.1) is 5.82 Å².